The molecule has 5 aromatic heterocycles. The van der Waals surface area contributed by atoms with Gasteiger partial charge < -0.3 is 13.7 Å². The molecule has 0 N–H and O–H groups in total. The molecule has 122 heavy (non-hydrogen) atoms. The Bertz CT molecular complexity index is 7880. The second kappa shape index (κ2) is 27.9. The monoisotopic (exact) mass is 1590 g/mol. The van der Waals surface area contributed by atoms with Crippen molar-refractivity contribution in [3.8, 4) is 95.7 Å². The lowest BCUT2D eigenvalue weighted by Crippen LogP contribution is -2.73. The first-order valence-electron chi connectivity index (χ1n) is 42.1. The summed E-state index contributed by atoms with van der Waals surface area (Å²) in [4.78, 5) is 23.2. The van der Waals surface area contributed by atoms with E-state index in [0.717, 1.165) is 89.3 Å². The van der Waals surface area contributed by atoms with Crippen molar-refractivity contribution in [3.05, 3.63) is 442 Å². The zero-order valence-corrected chi connectivity index (χ0v) is 69.1. The van der Waals surface area contributed by atoms with E-state index in [9.17, 15) is 0 Å². The van der Waals surface area contributed by atoms with E-state index in [1.165, 1.54) is 119 Å². The molecule has 0 fully saturated rings. The number of hydrogen-bond donors (Lipinski definition) is 0. The topological polar surface area (TPSA) is 66.3 Å². The predicted octanol–water partition coefficient (Wildman–Crippen LogP) is 21.9. The lowest BCUT2D eigenvalue weighted by molar-refractivity contribution is 0.661. The fourth-order valence-electron chi connectivity index (χ4n) is 21.1. The number of rotatable bonds is 11. The summed E-state index contributed by atoms with van der Waals surface area (Å²) in [6, 6.07) is 157. The molecule has 0 saturated carbocycles. The third-order valence-electron chi connectivity index (χ3n) is 26.3. The van der Waals surface area contributed by atoms with Gasteiger partial charge in [0.05, 0.1) is 66.5 Å². The van der Waals surface area contributed by atoms with Gasteiger partial charge in [-0.1, -0.05) is 366 Å². The second-order valence-electron chi connectivity index (χ2n) is 32.9. The van der Waals surface area contributed by atoms with Gasteiger partial charge in [-0.25, -0.2) is 19.9 Å². The molecule has 17 aromatic carbocycles. The zero-order valence-electron chi connectivity index (χ0n) is 67.1. The van der Waals surface area contributed by atoms with Crippen LogP contribution in [0.3, 0.4) is 0 Å². The van der Waals surface area contributed by atoms with Crippen LogP contribution < -0.4 is 41.8 Å². The van der Waals surface area contributed by atoms with Crippen LogP contribution in [-0.2, 0) is 5.41 Å². The summed E-state index contributed by atoms with van der Waals surface area (Å²) in [6.07, 6.45) is 0. The number of fused-ring (bicyclic) bond motifs is 18. The standard InChI is InChI=1S/C58H38N4Si.C55H39N3Si/c1-5-21-39(22-6-1)56-55-46-32-16-20-36-54(46)63(41-25-9-3-10-26-41,42-27-11-4-12-28-42)58(55)60-57(59-56)45-31-15-19-35-51(45)62-50-34-18-14-30-44(50)48-37-52-47(38-53(48)62)43-29-13-17-33-49(43)61(52)40-23-7-2-8-24-40;1-55(2)45-30-16-12-26-39(45)43-35-49-44(34-46(43)55)40-27-13-17-31-47(40)58(49)48-32-18-14-28-41(48)53-56-52(36-20-6-3-7-21-36)51-42-29-15-19-33-50(42)59(54(51)57-53,37-22-8-4-9-23-37)38-24-10-5-11-25-38/h1-38H;3-35H,1-2H3. The lowest BCUT2D eigenvalue weighted by Gasteiger charge is -2.30. The summed E-state index contributed by atoms with van der Waals surface area (Å²) in [5.41, 5.74) is 26.3. The SMILES string of the molecule is CC1(C)c2ccccc2-c2cc3c(cc21)c1ccccc1n3-c1ccccc1-c1nc(-c2ccccc2)c2c(n1)[Si](c1ccccc1)(c1ccccc1)c1ccccc1-2.c1ccc(-c2nc(-c3ccccc3-n3c4ccccc4c4cc5c(cc43)c3ccccc3n5-c3ccccc3)nc3c2-c2ccccc2[Si]3(c2ccccc2)c2ccccc2)cc1. The first-order chi connectivity index (χ1) is 60.3. The van der Waals surface area contributed by atoms with Crippen LogP contribution in [0.15, 0.2) is 431 Å². The highest BCUT2D eigenvalue weighted by molar-refractivity contribution is 7.22. The molecule has 572 valence electrons. The molecule has 0 saturated heterocycles. The van der Waals surface area contributed by atoms with Gasteiger partial charge in [-0.15, -0.1) is 0 Å². The van der Waals surface area contributed by atoms with Crippen molar-refractivity contribution in [1.29, 1.82) is 0 Å². The van der Waals surface area contributed by atoms with Gasteiger partial charge in [0.2, 0.25) is 16.1 Å². The van der Waals surface area contributed by atoms with E-state index in [4.69, 9.17) is 19.9 Å². The third kappa shape index (κ3) is 10.4. The third-order valence-corrected chi connectivity index (χ3v) is 35.7. The summed E-state index contributed by atoms with van der Waals surface area (Å²) < 4.78 is 7.31. The molecule has 2 aliphatic heterocycles. The molecule has 7 heterocycles. The first kappa shape index (κ1) is 70.9. The largest absolute Gasteiger partial charge is 0.309 e. The Morgan fingerprint density at radius 2 is 0.549 bits per heavy atom. The summed E-state index contributed by atoms with van der Waals surface area (Å²) >= 11 is 0. The lowest BCUT2D eigenvalue weighted by atomic mass is 9.82. The van der Waals surface area contributed by atoms with Crippen LogP contribution in [0.2, 0.25) is 0 Å². The molecule has 0 radical (unpaired) electrons. The Balaban J connectivity index is 0.000000138. The van der Waals surface area contributed by atoms with E-state index in [1.54, 1.807) is 0 Å². The highest BCUT2D eigenvalue weighted by Crippen LogP contribution is 2.52. The summed E-state index contributed by atoms with van der Waals surface area (Å²) in [7, 11) is -5.91. The maximum absolute atomic E-state index is 5.92. The number of nitrogens with zero attached hydrogens (tertiary/aromatic N) is 7. The van der Waals surface area contributed by atoms with E-state index in [-0.39, 0.29) is 5.41 Å². The van der Waals surface area contributed by atoms with Crippen LogP contribution in [-0.4, -0.2) is 49.8 Å². The van der Waals surface area contributed by atoms with Crippen molar-refractivity contribution >= 4 is 123 Å². The maximum atomic E-state index is 5.92. The quantitative estimate of drug-likeness (QED) is 0.121. The average molecular weight is 1590 g/mol. The molecule has 7 nitrogen and oxygen atoms in total. The molecule has 0 amide bonds. The molecule has 0 atom stereocenters. The van der Waals surface area contributed by atoms with Crippen molar-refractivity contribution in [1.82, 2.24) is 33.6 Å². The van der Waals surface area contributed by atoms with Crippen molar-refractivity contribution in [2.75, 3.05) is 0 Å². The van der Waals surface area contributed by atoms with Gasteiger partial charge in [0.25, 0.3) is 0 Å². The fraction of sp³-hybridized carbons (Fsp3) is 0.0265. The fourth-order valence-corrected chi connectivity index (χ4v) is 31.1. The Morgan fingerprint density at radius 1 is 0.230 bits per heavy atom. The van der Waals surface area contributed by atoms with E-state index in [0.29, 0.717) is 5.82 Å². The molecule has 0 bridgehead atoms. The minimum atomic E-state index is -2.97. The molecule has 0 spiro atoms. The molecule has 9 heteroatoms. The van der Waals surface area contributed by atoms with E-state index in [2.05, 4.69) is 458 Å². The first-order valence-corrected chi connectivity index (χ1v) is 46.1. The molecular formula is C113H77N7Si2. The Labute approximate surface area is 708 Å². The van der Waals surface area contributed by atoms with Crippen LogP contribution in [0.5, 0.6) is 0 Å². The number of aromatic nitrogens is 7. The van der Waals surface area contributed by atoms with Gasteiger partial charge in [0, 0.05) is 76.8 Å². The second-order valence-corrected chi connectivity index (χ2v) is 40.3. The summed E-state index contributed by atoms with van der Waals surface area (Å²) in [5.74, 6) is 1.45. The number of benzene rings is 17. The molecule has 0 unspecified atom stereocenters. The Morgan fingerprint density at radius 3 is 0.984 bits per heavy atom. The average Bonchev–Trinajstić information content (AvgIpc) is 1.54. The van der Waals surface area contributed by atoms with E-state index >= 15 is 0 Å². The van der Waals surface area contributed by atoms with E-state index < -0.39 is 16.1 Å². The normalized spacial score (nSPS) is 13.5. The van der Waals surface area contributed by atoms with Crippen molar-refractivity contribution in [3.63, 3.8) is 0 Å². The van der Waals surface area contributed by atoms with Gasteiger partial charge >= 0.3 is 0 Å². The number of hydrogen-bond acceptors (Lipinski definition) is 4. The van der Waals surface area contributed by atoms with Crippen molar-refractivity contribution in [2.45, 2.75) is 19.3 Å². The van der Waals surface area contributed by atoms with Crippen LogP contribution in [0, 0.1) is 0 Å². The molecule has 22 aromatic rings. The Kier molecular flexibility index (Phi) is 16.2. The van der Waals surface area contributed by atoms with Gasteiger partial charge in [-0.3, -0.25) is 0 Å². The number of para-hydroxylation sites is 6. The molecule has 1 aliphatic carbocycles. The highest BCUT2D eigenvalue weighted by atomic mass is 28.3. The summed E-state index contributed by atoms with van der Waals surface area (Å²) in [5, 5.41) is 17.5. The maximum Gasteiger partial charge on any atom is 0.203 e. The molecule has 25 rings (SSSR count). The van der Waals surface area contributed by atoms with Gasteiger partial charge in [-0.2, -0.15) is 0 Å². The minimum absolute atomic E-state index is 0.0984. The highest BCUT2D eigenvalue weighted by Gasteiger charge is 2.54. The van der Waals surface area contributed by atoms with Crippen LogP contribution in [0.25, 0.3) is 161 Å². The van der Waals surface area contributed by atoms with Crippen LogP contribution in [0.4, 0.5) is 0 Å². The van der Waals surface area contributed by atoms with Gasteiger partial charge in [0.1, 0.15) is 0 Å². The minimum Gasteiger partial charge on any atom is -0.309 e. The van der Waals surface area contributed by atoms with Gasteiger partial charge in [0.15, 0.2) is 11.6 Å². The smallest absolute Gasteiger partial charge is 0.203 e. The van der Waals surface area contributed by atoms with Crippen LogP contribution in [0.1, 0.15) is 25.0 Å². The van der Waals surface area contributed by atoms with Crippen molar-refractivity contribution in [2.24, 2.45) is 0 Å². The van der Waals surface area contributed by atoms with Gasteiger partial charge in [-0.05, 0) is 143 Å². The van der Waals surface area contributed by atoms with Crippen molar-refractivity contribution < 1.29 is 0 Å². The van der Waals surface area contributed by atoms with Crippen LogP contribution >= 0.6 is 0 Å². The zero-order chi connectivity index (χ0) is 80.8. The summed E-state index contributed by atoms with van der Waals surface area (Å²) in [6.45, 7) is 4.72. The predicted molar refractivity (Wildman–Crippen MR) is 512 cm³/mol. The van der Waals surface area contributed by atoms with E-state index in [1.807, 2.05) is 0 Å². The molecular weight excluding hydrogens is 1510 g/mol. The Hall–Kier alpha value is -15.3. The molecule has 3 aliphatic rings.